The van der Waals surface area contributed by atoms with Crippen molar-refractivity contribution in [2.45, 2.75) is 37.1 Å². The maximum Gasteiger partial charge on any atom is 0.186 e. The van der Waals surface area contributed by atoms with Crippen molar-refractivity contribution in [1.82, 2.24) is 5.32 Å². The van der Waals surface area contributed by atoms with Gasteiger partial charge in [-0.05, 0) is 18.5 Å². The molecule has 1 heterocycles. The molecule has 1 aliphatic heterocycles. The van der Waals surface area contributed by atoms with Crippen LogP contribution in [-0.2, 0) is 9.47 Å². The molecular formula is C10H20N4O5. The minimum Gasteiger partial charge on any atom is -0.388 e. The molecule has 19 heavy (non-hydrogen) atoms. The second-order valence-electron chi connectivity index (χ2n) is 4.26. The minimum atomic E-state index is -1.31. The van der Waals surface area contributed by atoms with Crippen LogP contribution in [0.2, 0.25) is 0 Å². The summed E-state index contributed by atoms with van der Waals surface area (Å²) in [4.78, 5) is 2.63. The number of ether oxygens (including phenoxy) is 2. The SMILES string of the molecule is CO[C@@H]1OC(CNCCCN=[N+]=[N-])[C@H](O)[C@H](O)C1O. The van der Waals surface area contributed by atoms with Gasteiger partial charge in [0.2, 0.25) is 0 Å². The topological polar surface area (TPSA) is 140 Å². The summed E-state index contributed by atoms with van der Waals surface area (Å²) in [6, 6.07) is 0. The number of nitrogens with zero attached hydrogens (tertiary/aromatic N) is 3. The largest absolute Gasteiger partial charge is 0.388 e. The third kappa shape index (κ3) is 4.59. The van der Waals surface area contributed by atoms with Gasteiger partial charge in [-0.15, -0.1) is 0 Å². The first-order chi connectivity index (χ1) is 9.11. The molecule has 1 aliphatic rings. The number of rotatable bonds is 7. The van der Waals surface area contributed by atoms with E-state index >= 15 is 0 Å². The molecule has 0 aromatic rings. The van der Waals surface area contributed by atoms with Gasteiger partial charge >= 0.3 is 0 Å². The molecule has 1 fully saturated rings. The van der Waals surface area contributed by atoms with Gasteiger partial charge in [0.1, 0.15) is 24.4 Å². The molecule has 0 aromatic carbocycles. The van der Waals surface area contributed by atoms with E-state index in [0.717, 1.165) is 0 Å². The second kappa shape index (κ2) is 8.28. The Morgan fingerprint density at radius 1 is 1.32 bits per heavy atom. The highest BCUT2D eigenvalue weighted by Crippen LogP contribution is 2.21. The van der Waals surface area contributed by atoms with E-state index in [1.54, 1.807) is 0 Å². The van der Waals surface area contributed by atoms with Crippen LogP contribution in [0.4, 0.5) is 0 Å². The van der Waals surface area contributed by atoms with Crippen LogP contribution in [0.25, 0.3) is 10.4 Å². The standard InChI is InChI=1S/C10H20N4O5/c1-18-10-9(17)8(16)7(15)6(19-10)5-12-3-2-4-13-14-11/h6-10,12,15-17H,2-5H2,1H3/t6?,7-,8-,9?,10+/m0/s1. The van der Waals surface area contributed by atoms with Crippen LogP contribution in [0.3, 0.4) is 0 Å². The number of hydrogen-bond acceptors (Lipinski definition) is 7. The summed E-state index contributed by atoms with van der Waals surface area (Å²) in [5.41, 5.74) is 8.09. The molecule has 0 radical (unpaired) electrons. The first-order valence-electron chi connectivity index (χ1n) is 6.05. The Bertz CT molecular complexity index is 310. The average Bonchev–Trinajstić information content (AvgIpc) is 2.42. The molecule has 5 atom stereocenters. The highest BCUT2D eigenvalue weighted by Gasteiger charge is 2.43. The van der Waals surface area contributed by atoms with E-state index in [-0.39, 0.29) is 0 Å². The molecular weight excluding hydrogens is 256 g/mol. The molecule has 0 amide bonds. The number of aliphatic hydroxyl groups excluding tert-OH is 3. The Labute approximate surface area is 110 Å². The molecule has 9 nitrogen and oxygen atoms in total. The highest BCUT2D eigenvalue weighted by atomic mass is 16.7. The van der Waals surface area contributed by atoms with Crippen LogP contribution >= 0.6 is 0 Å². The molecule has 110 valence electrons. The average molecular weight is 276 g/mol. The van der Waals surface area contributed by atoms with Gasteiger partial charge in [-0.25, -0.2) is 0 Å². The second-order valence-corrected chi connectivity index (χ2v) is 4.26. The van der Waals surface area contributed by atoms with E-state index < -0.39 is 30.7 Å². The van der Waals surface area contributed by atoms with Crippen molar-refractivity contribution in [3.8, 4) is 0 Å². The first-order valence-corrected chi connectivity index (χ1v) is 6.05. The Balaban J connectivity index is 2.33. The third-order valence-electron chi connectivity index (χ3n) is 2.92. The zero-order chi connectivity index (χ0) is 14.3. The molecule has 9 heteroatoms. The molecule has 2 unspecified atom stereocenters. The summed E-state index contributed by atoms with van der Waals surface area (Å²) in [5.74, 6) is 0. The molecule has 0 aromatic heterocycles. The predicted molar refractivity (Wildman–Crippen MR) is 65.2 cm³/mol. The summed E-state index contributed by atoms with van der Waals surface area (Å²) in [6.45, 7) is 1.27. The lowest BCUT2D eigenvalue weighted by Crippen LogP contribution is -2.60. The zero-order valence-electron chi connectivity index (χ0n) is 10.7. The van der Waals surface area contributed by atoms with Crippen LogP contribution in [0.15, 0.2) is 5.11 Å². The van der Waals surface area contributed by atoms with E-state index in [0.29, 0.717) is 26.1 Å². The lowest BCUT2D eigenvalue weighted by atomic mass is 9.99. The van der Waals surface area contributed by atoms with E-state index in [1.807, 2.05) is 0 Å². The van der Waals surface area contributed by atoms with Gasteiger partial charge in [-0.2, -0.15) is 0 Å². The van der Waals surface area contributed by atoms with Crippen LogP contribution in [0.5, 0.6) is 0 Å². The van der Waals surface area contributed by atoms with Gasteiger partial charge in [0.25, 0.3) is 0 Å². The number of methoxy groups -OCH3 is 1. The minimum absolute atomic E-state index is 0.293. The highest BCUT2D eigenvalue weighted by molar-refractivity contribution is 4.89. The molecule has 0 aliphatic carbocycles. The Morgan fingerprint density at radius 3 is 2.68 bits per heavy atom. The fraction of sp³-hybridized carbons (Fsp3) is 1.00. The number of nitrogens with one attached hydrogen (secondary N) is 1. The van der Waals surface area contributed by atoms with Crippen molar-refractivity contribution < 1.29 is 24.8 Å². The monoisotopic (exact) mass is 276 g/mol. The molecule has 4 N–H and O–H groups in total. The number of azide groups is 1. The third-order valence-corrected chi connectivity index (χ3v) is 2.92. The molecule has 0 spiro atoms. The van der Waals surface area contributed by atoms with E-state index in [2.05, 4.69) is 15.3 Å². The summed E-state index contributed by atoms with van der Waals surface area (Å²) in [5, 5.41) is 35.4. The van der Waals surface area contributed by atoms with Gasteiger partial charge in [0.05, 0.1) is 0 Å². The van der Waals surface area contributed by atoms with Crippen molar-refractivity contribution in [2.24, 2.45) is 5.11 Å². The van der Waals surface area contributed by atoms with Gasteiger partial charge < -0.3 is 30.1 Å². The Hall–Kier alpha value is -0.930. The van der Waals surface area contributed by atoms with Crippen LogP contribution < -0.4 is 5.32 Å². The van der Waals surface area contributed by atoms with Gasteiger partial charge in [0, 0.05) is 25.1 Å². The maximum atomic E-state index is 9.76. The van der Waals surface area contributed by atoms with Gasteiger partial charge in [-0.3, -0.25) is 0 Å². The lowest BCUT2D eigenvalue weighted by molar-refractivity contribution is -0.288. The van der Waals surface area contributed by atoms with Gasteiger partial charge in [0.15, 0.2) is 6.29 Å². The molecule has 0 saturated carbocycles. The maximum absolute atomic E-state index is 9.76. The smallest absolute Gasteiger partial charge is 0.186 e. The molecule has 1 saturated heterocycles. The Morgan fingerprint density at radius 2 is 2.05 bits per heavy atom. The van der Waals surface area contributed by atoms with Crippen molar-refractivity contribution in [1.29, 1.82) is 0 Å². The van der Waals surface area contributed by atoms with E-state index in [1.165, 1.54) is 7.11 Å². The Kier molecular flexibility index (Phi) is 7.03. The van der Waals surface area contributed by atoms with Crippen molar-refractivity contribution >= 4 is 0 Å². The number of hydrogen-bond donors (Lipinski definition) is 4. The fourth-order valence-electron chi connectivity index (χ4n) is 1.84. The normalized spacial score (nSPS) is 34.8. The van der Waals surface area contributed by atoms with Crippen LogP contribution in [-0.4, -0.2) is 72.8 Å². The summed E-state index contributed by atoms with van der Waals surface area (Å²) < 4.78 is 10.2. The first kappa shape index (κ1) is 16.1. The molecule has 1 rings (SSSR count). The zero-order valence-corrected chi connectivity index (χ0v) is 10.7. The summed E-state index contributed by atoms with van der Waals surface area (Å²) in [6.07, 6.45) is -4.76. The summed E-state index contributed by atoms with van der Waals surface area (Å²) in [7, 11) is 1.35. The van der Waals surface area contributed by atoms with Crippen LogP contribution in [0.1, 0.15) is 6.42 Å². The lowest BCUT2D eigenvalue weighted by Gasteiger charge is -2.39. The van der Waals surface area contributed by atoms with Crippen molar-refractivity contribution in [2.75, 3.05) is 26.7 Å². The fourth-order valence-corrected chi connectivity index (χ4v) is 1.84. The quantitative estimate of drug-likeness (QED) is 0.198. The molecule has 0 bridgehead atoms. The van der Waals surface area contributed by atoms with E-state index in [9.17, 15) is 15.3 Å². The van der Waals surface area contributed by atoms with Crippen LogP contribution in [0, 0.1) is 0 Å². The van der Waals surface area contributed by atoms with E-state index in [4.69, 9.17) is 15.0 Å². The predicted octanol–water partition coefficient (Wildman–Crippen LogP) is -1.27. The van der Waals surface area contributed by atoms with Crippen molar-refractivity contribution in [3.63, 3.8) is 0 Å². The number of aliphatic hydroxyl groups is 3. The summed E-state index contributed by atoms with van der Waals surface area (Å²) >= 11 is 0. The van der Waals surface area contributed by atoms with Gasteiger partial charge in [-0.1, -0.05) is 5.11 Å². The van der Waals surface area contributed by atoms with Crippen molar-refractivity contribution in [3.05, 3.63) is 10.4 Å².